The second-order valence-electron chi connectivity index (χ2n) is 10.8. The maximum absolute atomic E-state index is 8.30. The van der Waals surface area contributed by atoms with Gasteiger partial charge >= 0.3 is 0 Å². The molecule has 0 aliphatic rings. The summed E-state index contributed by atoms with van der Waals surface area (Å²) in [5, 5.41) is 3.34. The van der Waals surface area contributed by atoms with Crippen molar-refractivity contribution >= 4 is 49.8 Å². The van der Waals surface area contributed by atoms with E-state index in [1.807, 2.05) is 60.7 Å². The maximum atomic E-state index is 8.30. The minimum Gasteiger partial charge on any atom is -0.455 e. The molecule has 43 heavy (non-hydrogen) atoms. The zero-order chi connectivity index (χ0) is 31.3. The Labute approximate surface area is 255 Å². The van der Waals surface area contributed by atoms with E-state index in [1.165, 1.54) is 0 Å². The van der Waals surface area contributed by atoms with Crippen LogP contribution in [0, 0.1) is 6.85 Å². The molecule has 0 aliphatic carbocycles. The van der Waals surface area contributed by atoms with Gasteiger partial charge in [0.1, 0.15) is 11.2 Å². The largest absolute Gasteiger partial charge is 0.455 e. The Morgan fingerprint density at radius 2 is 1.02 bits per heavy atom. The second-order valence-corrected chi connectivity index (χ2v) is 10.8. The first-order valence-electron chi connectivity index (χ1n) is 15.9. The van der Waals surface area contributed by atoms with Crippen molar-refractivity contribution in [2.75, 3.05) is 4.90 Å². The van der Waals surface area contributed by atoms with E-state index in [9.17, 15) is 0 Å². The predicted octanol–water partition coefficient (Wildman–Crippen LogP) is 11.9. The number of rotatable bonds is 5. The van der Waals surface area contributed by atoms with Gasteiger partial charge in [-0.05, 0) is 71.1 Å². The molecule has 0 saturated carbocycles. The van der Waals surface area contributed by atoms with Gasteiger partial charge in [0.25, 0.3) is 0 Å². The van der Waals surface area contributed by atoms with Crippen molar-refractivity contribution < 1.29 is 8.53 Å². The van der Waals surface area contributed by atoms with E-state index in [2.05, 4.69) is 89.8 Å². The average molecular weight is 555 g/mol. The van der Waals surface area contributed by atoms with Crippen molar-refractivity contribution in [3.05, 3.63) is 163 Å². The fraction of sp³-hybridized carbons (Fsp3) is 0.0244. The molecule has 2 nitrogen and oxygen atoms in total. The molecule has 1 aromatic heterocycles. The predicted molar refractivity (Wildman–Crippen MR) is 182 cm³/mol. The molecule has 204 valence electrons. The number of anilines is 3. The SMILES string of the molecule is [2H]C([2H])([2H])c1cccc2oc3c4ccccc4c(N(c4ccc(-c5ccccc5)cc4)c4ccc(-c5ccccc5)cc4)cc3c12. The molecule has 0 amide bonds. The van der Waals surface area contributed by atoms with Crippen molar-refractivity contribution in [3.63, 3.8) is 0 Å². The van der Waals surface area contributed by atoms with E-state index < -0.39 is 6.85 Å². The fourth-order valence-corrected chi connectivity index (χ4v) is 6.11. The van der Waals surface area contributed by atoms with Crippen LogP contribution in [0.5, 0.6) is 0 Å². The zero-order valence-corrected chi connectivity index (χ0v) is 23.4. The molecule has 0 unspecified atom stereocenters. The molecule has 0 spiro atoms. The van der Waals surface area contributed by atoms with Gasteiger partial charge < -0.3 is 9.32 Å². The number of fused-ring (bicyclic) bond motifs is 5. The molecule has 0 N–H and O–H groups in total. The van der Waals surface area contributed by atoms with Gasteiger partial charge in [0, 0.05) is 37.0 Å². The highest BCUT2D eigenvalue weighted by Crippen LogP contribution is 2.45. The molecule has 2 heteroatoms. The Bertz CT molecular complexity index is 2240. The van der Waals surface area contributed by atoms with E-state index in [0.29, 0.717) is 16.6 Å². The van der Waals surface area contributed by atoms with Crippen LogP contribution in [0.25, 0.3) is 55.0 Å². The highest BCUT2D eigenvalue weighted by atomic mass is 16.3. The molecule has 7 aromatic carbocycles. The highest BCUT2D eigenvalue weighted by molar-refractivity contribution is 6.20. The maximum Gasteiger partial charge on any atom is 0.143 e. The third-order valence-corrected chi connectivity index (χ3v) is 8.19. The molecule has 0 aliphatic heterocycles. The normalized spacial score (nSPS) is 12.7. The van der Waals surface area contributed by atoms with E-state index in [-0.39, 0.29) is 5.56 Å². The van der Waals surface area contributed by atoms with E-state index in [4.69, 9.17) is 8.53 Å². The van der Waals surface area contributed by atoms with Gasteiger partial charge in [0.2, 0.25) is 0 Å². The van der Waals surface area contributed by atoms with Crippen LogP contribution < -0.4 is 4.90 Å². The molecule has 0 fully saturated rings. The van der Waals surface area contributed by atoms with Gasteiger partial charge in [-0.1, -0.05) is 121 Å². The van der Waals surface area contributed by atoms with Gasteiger partial charge in [-0.25, -0.2) is 0 Å². The fourth-order valence-electron chi connectivity index (χ4n) is 6.11. The Balaban J connectivity index is 1.39. The Hall–Kier alpha value is -5.60. The first kappa shape index (κ1) is 22.1. The number of nitrogens with zero attached hydrogens (tertiary/aromatic N) is 1. The Morgan fingerprint density at radius 3 is 1.60 bits per heavy atom. The van der Waals surface area contributed by atoms with Gasteiger partial charge in [0.05, 0.1) is 5.69 Å². The van der Waals surface area contributed by atoms with E-state index in [1.54, 1.807) is 12.1 Å². The highest BCUT2D eigenvalue weighted by Gasteiger charge is 2.21. The number of aryl methyl sites for hydroxylation is 1. The van der Waals surface area contributed by atoms with E-state index in [0.717, 1.165) is 55.5 Å². The Morgan fingerprint density at radius 1 is 0.488 bits per heavy atom. The van der Waals surface area contributed by atoms with Crippen molar-refractivity contribution in [2.45, 2.75) is 6.85 Å². The summed E-state index contributed by atoms with van der Waals surface area (Å²) >= 11 is 0. The molecule has 0 bridgehead atoms. The molecular formula is C41H29NO. The quantitative estimate of drug-likeness (QED) is 0.210. The van der Waals surface area contributed by atoms with Gasteiger partial charge in [-0.2, -0.15) is 0 Å². The number of hydrogen-bond donors (Lipinski definition) is 0. The minimum atomic E-state index is -2.29. The van der Waals surface area contributed by atoms with Crippen LogP contribution in [0.2, 0.25) is 0 Å². The summed E-state index contributed by atoms with van der Waals surface area (Å²) < 4.78 is 31.3. The lowest BCUT2D eigenvalue weighted by atomic mass is 9.99. The van der Waals surface area contributed by atoms with Crippen LogP contribution in [-0.4, -0.2) is 0 Å². The first-order valence-corrected chi connectivity index (χ1v) is 14.4. The second kappa shape index (κ2) is 10.3. The summed E-state index contributed by atoms with van der Waals surface area (Å²) in [5.74, 6) is 0. The van der Waals surface area contributed by atoms with Crippen molar-refractivity contribution in [2.24, 2.45) is 0 Å². The number of hydrogen-bond acceptors (Lipinski definition) is 2. The number of benzene rings is 7. The van der Waals surface area contributed by atoms with Crippen LogP contribution in [0.15, 0.2) is 162 Å². The van der Waals surface area contributed by atoms with Crippen LogP contribution in [0.1, 0.15) is 9.68 Å². The van der Waals surface area contributed by atoms with Crippen molar-refractivity contribution in [1.29, 1.82) is 0 Å². The van der Waals surface area contributed by atoms with Gasteiger partial charge in [-0.3, -0.25) is 0 Å². The summed E-state index contributed by atoms with van der Waals surface area (Å²) in [6.07, 6.45) is 0. The monoisotopic (exact) mass is 554 g/mol. The van der Waals surface area contributed by atoms with Crippen molar-refractivity contribution in [1.82, 2.24) is 0 Å². The molecule has 0 radical (unpaired) electrons. The summed E-state index contributed by atoms with van der Waals surface area (Å²) in [5.41, 5.74) is 9.02. The molecule has 0 atom stereocenters. The van der Waals surface area contributed by atoms with Crippen molar-refractivity contribution in [3.8, 4) is 22.3 Å². The molecule has 0 saturated heterocycles. The molecule has 1 heterocycles. The lowest BCUT2D eigenvalue weighted by molar-refractivity contribution is 0.672. The average Bonchev–Trinajstić information content (AvgIpc) is 3.48. The number of furan rings is 1. The van der Waals surface area contributed by atoms with Gasteiger partial charge in [0.15, 0.2) is 0 Å². The third kappa shape index (κ3) is 4.36. The summed E-state index contributed by atoms with van der Waals surface area (Å²) in [4.78, 5) is 2.25. The van der Waals surface area contributed by atoms with Crippen LogP contribution in [0.4, 0.5) is 17.1 Å². The van der Waals surface area contributed by atoms with Crippen LogP contribution in [0.3, 0.4) is 0 Å². The van der Waals surface area contributed by atoms with Crippen LogP contribution in [-0.2, 0) is 0 Å². The standard InChI is InChI=1S/C41H29NO/c1-28-11-10-18-39-40(28)37-27-38(35-16-8-9-17-36(35)41(37)43-39)42(33-23-19-31(20-24-33)29-12-4-2-5-13-29)34-25-21-32(22-26-34)30-14-6-3-7-15-30/h2-27H,1H3/i1D3. The zero-order valence-electron chi connectivity index (χ0n) is 26.4. The minimum absolute atomic E-state index is 0.288. The third-order valence-electron chi connectivity index (χ3n) is 8.19. The summed E-state index contributed by atoms with van der Waals surface area (Å²) in [7, 11) is 0. The topological polar surface area (TPSA) is 16.4 Å². The smallest absolute Gasteiger partial charge is 0.143 e. The molecular weight excluding hydrogens is 522 g/mol. The van der Waals surface area contributed by atoms with Gasteiger partial charge in [-0.15, -0.1) is 0 Å². The lowest BCUT2D eigenvalue weighted by Gasteiger charge is -2.27. The first-order chi connectivity index (χ1) is 22.5. The lowest BCUT2D eigenvalue weighted by Crippen LogP contribution is -2.10. The molecule has 8 aromatic rings. The molecule has 8 rings (SSSR count). The van der Waals surface area contributed by atoms with E-state index >= 15 is 0 Å². The van der Waals surface area contributed by atoms with Crippen LogP contribution >= 0.6 is 0 Å². The summed E-state index contributed by atoms with van der Waals surface area (Å²) in [6.45, 7) is -2.29. The summed E-state index contributed by atoms with van der Waals surface area (Å²) in [6, 6.07) is 53.4. The Kier molecular flexibility index (Phi) is 5.31.